The molecule has 4 rings (SSSR count). The number of carbonyl (C=O) groups excluding carboxylic acids is 1. The summed E-state index contributed by atoms with van der Waals surface area (Å²) in [5.41, 5.74) is 7.23. The fourth-order valence-electron chi connectivity index (χ4n) is 3.27. The Morgan fingerprint density at radius 1 is 1.07 bits per heavy atom. The van der Waals surface area contributed by atoms with Gasteiger partial charge in [-0.15, -0.1) is 0 Å². The second-order valence-electron chi connectivity index (χ2n) is 6.36. The second kappa shape index (κ2) is 7.40. The number of furan rings is 1. The number of nitrogens with zero attached hydrogens (tertiary/aromatic N) is 5. The van der Waals surface area contributed by atoms with Crippen molar-refractivity contribution in [2.24, 2.45) is 0 Å². The van der Waals surface area contributed by atoms with Gasteiger partial charge >= 0.3 is 0 Å². The minimum absolute atomic E-state index is 0.000710. The zero-order chi connectivity index (χ0) is 19.5. The van der Waals surface area contributed by atoms with E-state index in [2.05, 4.69) is 16.0 Å². The summed E-state index contributed by atoms with van der Waals surface area (Å²) >= 11 is 0. The average Bonchev–Trinajstić information content (AvgIpc) is 3.28. The molecule has 0 spiro atoms. The van der Waals surface area contributed by atoms with Gasteiger partial charge in [-0.05, 0) is 24.3 Å². The summed E-state index contributed by atoms with van der Waals surface area (Å²) in [5.74, 6) is 1.00. The fraction of sp³-hybridized carbons (Fsp3) is 0.200. The molecule has 3 heterocycles. The van der Waals surface area contributed by atoms with Crippen LogP contribution in [0.25, 0.3) is 11.5 Å². The Morgan fingerprint density at radius 3 is 2.46 bits per heavy atom. The van der Waals surface area contributed by atoms with E-state index in [4.69, 9.17) is 10.2 Å². The lowest BCUT2D eigenvalue weighted by Crippen LogP contribution is -2.49. The molecule has 8 heteroatoms. The van der Waals surface area contributed by atoms with Gasteiger partial charge < -0.3 is 20.0 Å². The molecule has 140 valence electrons. The summed E-state index contributed by atoms with van der Waals surface area (Å²) < 4.78 is 5.39. The molecule has 0 radical (unpaired) electrons. The SMILES string of the molecule is N#Cc1c(-c2ccco2)nc(N)nc1N1CCN(C(=O)c2ccccc2)CC1. The van der Waals surface area contributed by atoms with Crippen LogP contribution in [0, 0.1) is 11.3 Å². The van der Waals surface area contributed by atoms with Gasteiger partial charge in [0.05, 0.1) is 6.26 Å². The maximum atomic E-state index is 12.6. The van der Waals surface area contributed by atoms with Crippen molar-refractivity contribution in [1.82, 2.24) is 14.9 Å². The molecule has 1 saturated heterocycles. The van der Waals surface area contributed by atoms with Gasteiger partial charge in [0.25, 0.3) is 5.91 Å². The molecule has 1 fully saturated rings. The highest BCUT2D eigenvalue weighted by Gasteiger charge is 2.26. The molecule has 1 amide bonds. The van der Waals surface area contributed by atoms with Crippen molar-refractivity contribution in [2.45, 2.75) is 0 Å². The first kappa shape index (κ1) is 17.5. The molecule has 0 unspecified atom stereocenters. The van der Waals surface area contributed by atoms with Crippen LogP contribution in [0.4, 0.5) is 11.8 Å². The third-order valence-electron chi connectivity index (χ3n) is 4.66. The second-order valence-corrected chi connectivity index (χ2v) is 6.36. The molecule has 8 nitrogen and oxygen atoms in total. The first-order valence-corrected chi connectivity index (χ1v) is 8.88. The number of aromatic nitrogens is 2. The van der Waals surface area contributed by atoms with Crippen LogP contribution in [0.1, 0.15) is 15.9 Å². The van der Waals surface area contributed by atoms with E-state index >= 15 is 0 Å². The van der Waals surface area contributed by atoms with E-state index in [1.165, 1.54) is 6.26 Å². The Bertz CT molecular complexity index is 1020. The lowest BCUT2D eigenvalue weighted by atomic mass is 10.1. The summed E-state index contributed by atoms with van der Waals surface area (Å²) in [7, 11) is 0. The number of rotatable bonds is 3. The summed E-state index contributed by atoms with van der Waals surface area (Å²) in [4.78, 5) is 24.9. The molecule has 0 aliphatic carbocycles. The van der Waals surface area contributed by atoms with Crippen LogP contribution in [0.3, 0.4) is 0 Å². The van der Waals surface area contributed by atoms with Gasteiger partial charge in [-0.1, -0.05) is 18.2 Å². The number of nitrogen functional groups attached to an aromatic ring is 1. The van der Waals surface area contributed by atoms with Gasteiger partial charge in [0.2, 0.25) is 5.95 Å². The van der Waals surface area contributed by atoms with Gasteiger partial charge in [-0.25, -0.2) is 4.98 Å². The maximum Gasteiger partial charge on any atom is 0.253 e. The van der Waals surface area contributed by atoms with Crippen LogP contribution in [0.2, 0.25) is 0 Å². The van der Waals surface area contributed by atoms with Crippen LogP contribution in [-0.4, -0.2) is 47.0 Å². The van der Waals surface area contributed by atoms with Crippen molar-refractivity contribution in [3.63, 3.8) is 0 Å². The smallest absolute Gasteiger partial charge is 0.253 e. The van der Waals surface area contributed by atoms with Gasteiger partial charge in [-0.3, -0.25) is 4.79 Å². The molecule has 1 aromatic carbocycles. The minimum atomic E-state index is -0.000710. The highest BCUT2D eigenvalue weighted by Crippen LogP contribution is 2.29. The molecule has 0 atom stereocenters. The molecule has 1 aliphatic rings. The van der Waals surface area contributed by atoms with Crippen LogP contribution >= 0.6 is 0 Å². The molecular formula is C20H18N6O2. The van der Waals surface area contributed by atoms with E-state index in [1.807, 2.05) is 35.2 Å². The van der Waals surface area contributed by atoms with Gasteiger partial charge in [0.15, 0.2) is 11.6 Å². The number of hydrogen-bond donors (Lipinski definition) is 1. The Morgan fingerprint density at radius 2 is 1.82 bits per heavy atom. The molecule has 3 aromatic rings. The van der Waals surface area contributed by atoms with Crippen molar-refractivity contribution in [3.8, 4) is 17.5 Å². The van der Waals surface area contributed by atoms with Gasteiger partial charge in [0, 0.05) is 31.7 Å². The Kier molecular flexibility index (Phi) is 4.64. The van der Waals surface area contributed by atoms with Crippen molar-refractivity contribution in [1.29, 1.82) is 5.26 Å². The van der Waals surface area contributed by atoms with E-state index in [1.54, 1.807) is 17.0 Å². The van der Waals surface area contributed by atoms with Gasteiger partial charge in [-0.2, -0.15) is 10.2 Å². The topological polar surface area (TPSA) is 112 Å². The predicted molar refractivity (Wildman–Crippen MR) is 103 cm³/mol. The zero-order valence-corrected chi connectivity index (χ0v) is 15.1. The van der Waals surface area contributed by atoms with Gasteiger partial charge in [0.1, 0.15) is 17.3 Å². The maximum absolute atomic E-state index is 12.6. The first-order chi connectivity index (χ1) is 13.7. The Labute approximate surface area is 161 Å². The summed E-state index contributed by atoms with van der Waals surface area (Å²) in [6.07, 6.45) is 1.52. The lowest BCUT2D eigenvalue weighted by Gasteiger charge is -2.35. The van der Waals surface area contributed by atoms with Crippen LogP contribution < -0.4 is 10.6 Å². The molecular weight excluding hydrogens is 356 g/mol. The first-order valence-electron chi connectivity index (χ1n) is 8.88. The third kappa shape index (κ3) is 3.25. The Balaban J connectivity index is 1.57. The average molecular weight is 374 g/mol. The number of anilines is 2. The number of nitriles is 1. The van der Waals surface area contributed by atoms with E-state index in [9.17, 15) is 10.1 Å². The zero-order valence-electron chi connectivity index (χ0n) is 15.1. The normalized spacial score (nSPS) is 14.0. The number of hydrogen-bond acceptors (Lipinski definition) is 7. The summed E-state index contributed by atoms with van der Waals surface area (Å²) in [6.45, 7) is 2.14. The molecule has 28 heavy (non-hydrogen) atoms. The Hall–Kier alpha value is -3.86. The van der Waals surface area contributed by atoms with Crippen molar-refractivity contribution in [2.75, 3.05) is 36.8 Å². The quantitative estimate of drug-likeness (QED) is 0.747. The number of amides is 1. The molecule has 0 bridgehead atoms. The highest BCUT2D eigenvalue weighted by molar-refractivity contribution is 5.94. The third-order valence-corrected chi connectivity index (χ3v) is 4.66. The highest BCUT2D eigenvalue weighted by atomic mass is 16.3. The number of nitrogens with two attached hydrogens (primary N) is 1. The van der Waals surface area contributed by atoms with E-state index in [0.29, 0.717) is 54.6 Å². The van der Waals surface area contributed by atoms with Crippen molar-refractivity contribution >= 4 is 17.7 Å². The molecule has 1 aliphatic heterocycles. The lowest BCUT2D eigenvalue weighted by molar-refractivity contribution is 0.0746. The van der Waals surface area contributed by atoms with Crippen molar-refractivity contribution in [3.05, 3.63) is 59.9 Å². The standard InChI is InChI=1S/C20H18N6O2/c21-13-15-17(16-7-4-12-28-16)23-20(22)24-18(15)25-8-10-26(11-9-25)19(27)14-5-2-1-3-6-14/h1-7,12H,8-11H2,(H2,22,23,24). The van der Waals surface area contributed by atoms with Crippen LogP contribution in [-0.2, 0) is 0 Å². The van der Waals surface area contributed by atoms with E-state index in [-0.39, 0.29) is 11.9 Å². The fourth-order valence-corrected chi connectivity index (χ4v) is 3.27. The molecule has 2 aromatic heterocycles. The van der Waals surface area contributed by atoms with Crippen molar-refractivity contribution < 1.29 is 9.21 Å². The monoisotopic (exact) mass is 374 g/mol. The van der Waals surface area contributed by atoms with E-state index in [0.717, 1.165) is 0 Å². The number of carbonyl (C=O) groups is 1. The number of benzene rings is 1. The summed E-state index contributed by atoms with van der Waals surface area (Å²) in [6, 6.07) is 14.8. The van der Waals surface area contributed by atoms with E-state index < -0.39 is 0 Å². The van der Waals surface area contributed by atoms with Crippen LogP contribution in [0.5, 0.6) is 0 Å². The predicted octanol–water partition coefficient (Wildman–Crippen LogP) is 2.15. The molecule has 2 N–H and O–H groups in total. The van der Waals surface area contributed by atoms with Crippen LogP contribution in [0.15, 0.2) is 53.1 Å². The summed E-state index contributed by atoms with van der Waals surface area (Å²) in [5, 5.41) is 9.70. The number of piperazine rings is 1. The molecule has 0 saturated carbocycles. The minimum Gasteiger partial charge on any atom is -0.463 e. The largest absolute Gasteiger partial charge is 0.463 e.